The van der Waals surface area contributed by atoms with Crippen molar-refractivity contribution < 1.29 is 9.84 Å². The van der Waals surface area contributed by atoms with Crippen molar-refractivity contribution in [1.82, 2.24) is 9.88 Å². The Hall–Kier alpha value is -0.970. The van der Waals surface area contributed by atoms with Gasteiger partial charge in [-0.2, -0.15) is 0 Å². The SMILES string of the molecule is Cc1cc(C2(O)CC3COCC(C2)N3C)ccn1. The molecule has 3 heterocycles. The van der Waals surface area contributed by atoms with Crippen molar-refractivity contribution >= 4 is 0 Å². The average Bonchev–Trinajstić information content (AvgIpc) is 2.31. The number of morpholine rings is 1. The highest BCUT2D eigenvalue weighted by Gasteiger charge is 2.45. The van der Waals surface area contributed by atoms with Crippen LogP contribution in [0.1, 0.15) is 24.1 Å². The minimum Gasteiger partial charge on any atom is -0.385 e. The first kappa shape index (κ1) is 12.1. The molecule has 0 aromatic carbocycles. The molecule has 2 aliphatic rings. The number of aryl methyl sites for hydroxylation is 1. The molecule has 0 saturated carbocycles. The van der Waals surface area contributed by atoms with E-state index in [0.29, 0.717) is 12.1 Å². The molecule has 1 aromatic rings. The third-order valence-electron chi connectivity index (χ3n) is 4.35. The Balaban J connectivity index is 1.92. The molecule has 4 heteroatoms. The van der Waals surface area contributed by atoms with Gasteiger partial charge in [0, 0.05) is 24.0 Å². The van der Waals surface area contributed by atoms with Crippen LogP contribution in [0.15, 0.2) is 18.3 Å². The van der Waals surface area contributed by atoms with Crippen molar-refractivity contribution in [1.29, 1.82) is 0 Å². The monoisotopic (exact) mass is 248 g/mol. The van der Waals surface area contributed by atoms with Gasteiger partial charge >= 0.3 is 0 Å². The first-order valence-electron chi connectivity index (χ1n) is 6.54. The molecule has 3 rings (SSSR count). The van der Waals surface area contributed by atoms with Crippen molar-refractivity contribution in [2.75, 3.05) is 20.3 Å². The molecule has 2 bridgehead atoms. The fourth-order valence-electron chi connectivity index (χ4n) is 3.21. The largest absolute Gasteiger partial charge is 0.385 e. The number of fused-ring (bicyclic) bond motifs is 2. The number of aromatic nitrogens is 1. The molecule has 2 aliphatic heterocycles. The first-order valence-corrected chi connectivity index (χ1v) is 6.54. The molecule has 1 N–H and O–H groups in total. The molecule has 98 valence electrons. The Morgan fingerprint density at radius 1 is 1.39 bits per heavy atom. The summed E-state index contributed by atoms with van der Waals surface area (Å²) in [6.07, 6.45) is 3.26. The third kappa shape index (κ3) is 1.94. The molecule has 2 saturated heterocycles. The predicted molar refractivity (Wildman–Crippen MR) is 68.3 cm³/mol. The summed E-state index contributed by atoms with van der Waals surface area (Å²) in [6.45, 7) is 3.41. The first-order chi connectivity index (χ1) is 8.58. The third-order valence-corrected chi connectivity index (χ3v) is 4.35. The van der Waals surface area contributed by atoms with Crippen LogP contribution in [-0.2, 0) is 10.3 Å². The van der Waals surface area contributed by atoms with Gasteiger partial charge in [-0.3, -0.25) is 9.88 Å². The molecule has 0 spiro atoms. The second-order valence-corrected chi connectivity index (χ2v) is 5.64. The Morgan fingerprint density at radius 3 is 2.67 bits per heavy atom. The van der Waals surface area contributed by atoms with Crippen molar-refractivity contribution in [2.45, 2.75) is 37.5 Å². The lowest BCUT2D eigenvalue weighted by molar-refractivity contribution is -0.137. The lowest BCUT2D eigenvalue weighted by Gasteiger charge is -2.50. The van der Waals surface area contributed by atoms with Gasteiger partial charge in [-0.25, -0.2) is 0 Å². The maximum absolute atomic E-state index is 11.0. The maximum Gasteiger partial charge on any atom is 0.0929 e. The van der Waals surface area contributed by atoms with E-state index in [1.54, 1.807) is 6.20 Å². The van der Waals surface area contributed by atoms with Crippen LogP contribution < -0.4 is 0 Å². The van der Waals surface area contributed by atoms with E-state index in [4.69, 9.17) is 4.74 Å². The van der Waals surface area contributed by atoms with Crippen molar-refractivity contribution in [2.24, 2.45) is 0 Å². The Morgan fingerprint density at radius 2 is 2.06 bits per heavy atom. The van der Waals surface area contributed by atoms with Crippen molar-refractivity contribution in [3.05, 3.63) is 29.6 Å². The quantitative estimate of drug-likeness (QED) is 0.807. The standard InChI is InChI=1S/C14H20N2O2/c1-10-5-11(3-4-15-10)14(17)6-12-8-18-9-13(7-14)16(12)2/h3-5,12-13,17H,6-9H2,1-2H3. The number of nitrogens with zero attached hydrogens (tertiary/aromatic N) is 2. The second-order valence-electron chi connectivity index (χ2n) is 5.64. The van der Waals surface area contributed by atoms with E-state index in [1.807, 2.05) is 19.1 Å². The van der Waals surface area contributed by atoms with Gasteiger partial charge in [-0.15, -0.1) is 0 Å². The van der Waals surface area contributed by atoms with Gasteiger partial charge < -0.3 is 9.84 Å². The van der Waals surface area contributed by atoms with Crippen molar-refractivity contribution in [3.8, 4) is 0 Å². The average molecular weight is 248 g/mol. The molecule has 18 heavy (non-hydrogen) atoms. The molecule has 4 nitrogen and oxygen atoms in total. The number of ether oxygens (including phenoxy) is 1. The van der Waals surface area contributed by atoms with E-state index in [-0.39, 0.29) is 0 Å². The molecule has 2 unspecified atom stereocenters. The number of piperidine rings is 1. The molecule has 1 aromatic heterocycles. The summed E-state index contributed by atoms with van der Waals surface area (Å²) < 4.78 is 5.59. The fourth-order valence-corrected chi connectivity index (χ4v) is 3.21. The van der Waals surface area contributed by atoms with Gasteiger partial charge in [-0.1, -0.05) is 0 Å². The Kier molecular flexibility index (Phi) is 2.88. The molecular weight excluding hydrogens is 228 g/mol. The van der Waals surface area contributed by atoms with Gasteiger partial charge in [0.25, 0.3) is 0 Å². The van der Waals surface area contributed by atoms with Gasteiger partial charge in [0.15, 0.2) is 0 Å². The molecule has 2 fully saturated rings. The van der Waals surface area contributed by atoms with Crippen molar-refractivity contribution in [3.63, 3.8) is 0 Å². The summed E-state index contributed by atoms with van der Waals surface area (Å²) in [5.74, 6) is 0. The minimum absolute atomic E-state index is 0.316. The van der Waals surface area contributed by atoms with E-state index >= 15 is 0 Å². The highest BCUT2D eigenvalue weighted by atomic mass is 16.5. The zero-order valence-corrected chi connectivity index (χ0v) is 11.0. The van der Waals surface area contributed by atoms with Crippen LogP contribution in [0.4, 0.5) is 0 Å². The predicted octanol–water partition coefficient (Wildman–Crippen LogP) is 1.07. The molecule has 2 atom stereocenters. The lowest BCUT2D eigenvalue weighted by atomic mass is 9.77. The van der Waals surface area contributed by atoms with Crippen LogP contribution in [0, 0.1) is 6.92 Å². The second kappa shape index (κ2) is 4.30. The van der Waals surface area contributed by atoms with Crippen LogP contribution in [0.3, 0.4) is 0 Å². The fraction of sp³-hybridized carbons (Fsp3) is 0.643. The normalized spacial score (nSPS) is 36.6. The van der Waals surface area contributed by atoms with E-state index < -0.39 is 5.60 Å². The smallest absolute Gasteiger partial charge is 0.0929 e. The highest BCUT2D eigenvalue weighted by Crippen LogP contribution is 2.40. The molecule has 0 radical (unpaired) electrons. The van der Waals surface area contributed by atoms with Crippen LogP contribution >= 0.6 is 0 Å². The summed E-state index contributed by atoms with van der Waals surface area (Å²) in [5, 5.41) is 11.0. The molecular formula is C14H20N2O2. The van der Waals surface area contributed by atoms with Crippen LogP contribution in [-0.4, -0.2) is 47.3 Å². The highest BCUT2D eigenvalue weighted by molar-refractivity contribution is 5.25. The molecule has 0 aliphatic carbocycles. The summed E-state index contributed by atoms with van der Waals surface area (Å²) in [7, 11) is 2.13. The van der Waals surface area contributed by atoms with Gasteiger partial charge in [0.1, 0.15) is 0 Å². The van der Waals surface area contributed by atoms with E-state index in [2.05, 4.69) is 16.9 Å². The van der Waals surface area contributed by atoms with Crippen LogP contribution in [0.5, 0.6) is 0 Å². The number of hydrogen-bond donors (Lipinski definition) is 1. The number of likely N-dealkylation sites (N-methyl/N-ethyl adjacent to an activating group) is 1. The van der Waals surface area contributed by atoms with Gasteiger partial charge in [0.2, 0.25) is 0 Å². The lowest BCUT2D eigenvalue weighted by Crippen LogP contribution is -2.59. The van der Waals surface area contributed by atoms with Crippen LogP contribution in [0.2, 0.25) is 0 Å². The number of pyridine rings is 1. The Bertz CT molecular complexity index is 435. The zero-order chi connectivity index (χ0) is 12.8. The summed E-state index contributed by atoms with van der Waals surface area (Å²) in [6, 6.07) is 4.57. The van der Waals surface area contributed by atoms with E-state index in [1.165, 1.54) is 0 Å². The Labute approximate surface area is 108 Å². The summed E-state index contributed by atoms with van der Waals surface area (Å²) in [5.41, 5.74) is 1.24. The van der Waals surface area contributed by atoms with Gasteiger partial charge in [0.05, 0.1) is 18.8 Å². The zero-order valence-electron chi connectivity index (χ0n) is 11.0. The number of rotatable bonds is 1. The summed E-state index contributed by atoms with van der Waals surface area (Å²) >= 11 is 0. The molecule has 0 amide bonds. The number of aliphatic hydroxyl groups is 1. The number of hydrogen-bond acceptors (Lipinski definition) is 4. The maximum atomic E-state index is 11.0. The topological polar surface area (TPSA) is 45.6 Å². The van der Waals surface area contributed by atoms with Gasteiger partial charge in [-0.05, 0) is 44.5 Å². The minimum atomic E-state index is -0.723. The van der Waals surface area contributed by atoms with E-state index in [0.717, 1.165) is 37.3 Å². The summed E-state index contributed by atoms with van der Waals surface area (Å²) in [4.78, 5) is 6.56. The van der Waals surface area contributed by atoms with Crippen LogP contribution in [0.25, 0.3) is 0 Å². The van der Waals surface area contributed by atoms with E-state index in [9.17, 15) is 5.11 Å².